The number of carbonyl (C=O) groups is 1. The number of primary amides is 1. The number of pyridine rings is 1. The van der Waals surface area contributed by atoms with Gasteiger partial charge in [-0.1, -0.05) is 18.7 Å². The molecular formula is C19H17N7O2. The topological polar surface area (TPSA) is 120 Å². The Balaban J connectivity index is 1.58. The number of hydrogen-bond acceptors (Lipinski definition) is 7. The van der Waals surface area contributed by atoms with Crippen LogP contribution in [0, 0.1) is 0 Å². The summed E-state index contributed by atoms with van der Waals surface area (Å²) in [7, 11) is 0. The van der Waals surface area contributed by atoms with Crippen LogP contribution in [-0.2, 0) is 16.1 Å². The summed E-state index contributed by atoms with van der Waals surface area (Å²) in [6.07, 6.45) is 2.33. The van der Waals surface area contributed by atoms with Gasteiger partial charge in [0, 0.05) is 18.0 Å². The Morgan fingerprint density at radius 2 is 2.11 bits per heavy atom. The number of nitrogens with zero attached hydrogens (tertiary/aromatic N) is 5. The first-order valence-corrected chi connectivity index (χ1v) is 8.50. The number of benzene rings is 1. The Morgan fingerprint density at radius 3 is 2.96 bits per heavy atom. The summed E-state index contributed by atoms with van der Waals surface area (Å²) in [5, 5.41) is 14.0. The third-order valence-corrected chi connectivity index (χ3v) is 4.08. The van der Waals surface area contributed by atoms with Gasteiger partial charge in [-0.25, -0.2) is 0 Å². The van der Waals surface area contributed by atoms with Crippen LogP contribution in [0.1, 0.15) is 17.1 Å². The summed E-state index contributed by atoms with van der Waals surface area (Å²) in [5.41, 5.74) is 11.1. The predicted octanol–water partition coefficient (Wildman–Crippen LogP) is 1.24. The van der Waals surface area contributed by atoms with Crippen LogP contribution in [0.3, 0.4) is 0 Å². The highest BCUT2D eigenvalue weighted by atomic mass is 16.6. The number of carbonyl (C=O) groups excluding carboxylic acids is 1. The number of fused-ring (bicyclic) bond motifs is 2. The molecule has 0 saturated heterocycles. The lowest BCUT2D eigenvalue weighted by molar-refractivity contribution is -0.124. The summed E-state index contributed by atoms with van der Waals surface area (Å²) in [5.74, 6) is 0.0985. The first kappa shape index (κ1) is 17.6. The molecule has 9 nitrogen and oxygen atoms in total. The minimum Gasteiger partial charge on any atom is -0.368 e. The van der Waals surface area contributed by atoms with E-state index >= 15 is 0 Å². The first-order valence-electron chi connectivity index (χ1n) is 8.50. The number of aromatic nitrogens is 5. The lowest BCUT2D eigenvalue weighted by Crippen LogP contribution is -2.24. The Morgan fingerprint density at radius 1 is 1.21 bits per heavy atom. The van der Waals surface area contributed by atoms with E-state index in [0.29, 0.717) is 29.3 Å². The summed E-state index contributed by atoms with van der Waals surface area (Å²) in [4.78, 5) is 20.0. The monoisotopic (exact) mass is 375 g/mol. The fourth-order valence-electron chi connectivity index (χ4n) is 2.77. The molecule has 0 aliphatic rings. The van der Waals surface area contributed by atoms with Gasteiger partial charge in [0.25, 0.3) is 0 Å². The molecule has 3 N–H and O–H groups in total. The standard InChI is InChI=1S/C19H17N7O2/c1-12(25-28-11-17(20)27)15-6-7-18-22-23-19(26(18)24-15)10-13-4-5-16-14(9-13)3-2-8-21-16/h2-9,25H,1,10-11H2,(H2,20,27). The van der Waals surface area contributed by atoms with Gasteiger partial charge in [-0.15, -0.1) is 10.2 Å². The first-order chi connectivity index (χ1) is 13.6. The lowest BCUT2D eigenvalue weighted by atomic mass is 10.1. The van der Waals surface area contributed by atoms with Gasteiger partial charge in [0.05, 0.1) is 11.2 Å². The number of hydrogen-bond donors (Lipinski definition) is 2. The number of rotatable bonds is 7. The van der Waals surface area contributed by atoms with Crippen LogP contribution in [0.25, 0.3) is 22.2 Å². The van der Waals surface area contributed by atoms with Gasteiger partial charge >= 0.3 is 0 Å². The van der Waals surface area contributed by atoms with Crippen molar-refractivity contribution in [2.45, 2.75) is 6.42 Å². The van der Waals surface area contributed by atoms with Gasteiger partial charge in [0.1, 0.15) is 5.69 Å². The van der Waals surface area contributed by atoms with Crippen LogP contribution in [0.15, 0.2) is 55.2 Å². The van der Waals surface area contributed by atoms with Crippen molar-refractivity contribution in [2.24, 2.45) is 5.73 Å². The molecule has 0 bridgehead atoms. The lowest BCUT2D eigenvalue weighted by Gasteiger charge is -2.08. The van der Waals surface area contributed by atoms with Crippen molar-refractivity contribution in [3.8, 4) is 0 Å². The van der Waals surface area contributed by atoms with Gasteiger partial charge in [-0.3, -0.25) is 20.1 Å². The van der Waals surface area contributed by atoms with E-state index in [1.54, 1.807) is 22.8 Å². The predicted molar refractivity (Wildman–Crippen MR) is 103 cm³/mol. The Labute approximate surface area is 159 Å². The third-order valence-electron chi connectivity index (χ3n) is 4.08. The quantitative estimate of drug-likeness (QED) is 0.466. The highest BCUT2D eigenvalue weighted by molar-refractivity contribution is 5.79. The Bertz CT molecular complexity index is 1190. The van der Waals surface area contributed by atoms with Crippen molar-refractivity contribution in [1.29, 1.82) is 0 Å². The van der Waals surface area contributed by atoms with Gasteiger partial charge in [0.2, 0.25) is 5.91 Å². The maximum Gasteiger partial charge on any atom is 0.246 e. The zero-order chi connectivity index (χ0) is 19.5. The fraction of sp³-hybridized carbons (Fsp3) is 0.105. The summed E-state index contributed by atoms with van der Waals surface area (Å²) in [6.45, 7) is 3.58. The van der Waals surface area contributed by atoms with Crippen LogP contribution in [-0.4, -0.2) is 37.3 Å². The second-order valence-electron chi connectivity index (χ2n) is 6.15. The second kappa shape index (κ2) is 7.41. The van der Waals surface area contributed by atoms with Crippen molar-refractivity contribution in [2.75, 3.05) is 6.61 Å². The van der Waals surface area contributed by atoms with Gasteiger partial charge in [0.15, 0.2) is 18.1 Å². The number of nitrogens with two attached hydrogens (primary N) is 1. The van der Waals surface area contributed by atoms with Gasteiger partial charge in [-0.2, -0.15) is 9.61 Å². The maximum atomic E-state index is 10.7. The molecule has 4 rings (SSSR count). The number of hydroxylamine groups is 1. The van der Waals surface area contributed by atoms with E-state index in [0.717, 1.165) is 16.5 Å². The average Bonchev–Trinajstić information content (AvgIpc) is 3.09. The highest BCUT2D eigenvalue weighted by Crippen LogP contribution is 2.16. The SMILES string of the molecule is C=C(NOCC(N)=O)c1ccc2nnc(Cc3ccc4ncccc4c3)n2n1. The fourth-order valence-corrected chi connectivity index (χ4v) is 2.77. The largest absolute Gasteiger partial charge is 0.368 e. The van der Waals surface area contributed by atoms with Crippen LogP contribution in [0.4, 0.5) is 0 Å². The zero-order valence-corrected chi connectivity index (χ0v) is 14.9. The highest BCUT2D eigenvalue weighted by Gasteiger charge is 2.11. The molecule has 0 spiro atoms. The molecular weight excluding hydrogens is 358 g/mol. The van der Waals surface area contributed by atoms with Crippen LogP contribution in [0.2, 0.25) is 0 Å². The van der Waals surface area contributed by atoms with Crippen LogP contribution in [0.5, 0.6) is 0 Å². The molecule has 28 heavy (non-hydrogen) atoms. The van der Waals surface area contributed by atoms with E-state index < -0.39 is 5.91 Å². The molecule has 0 aliphatic heterocycles. The second-order valence-corrected chi connectivity index (χ2v) is 6.15. The minimum absolute atomic E-state index is 0.268. The molecule has 1 aromatic carbocycles. The molecule has 140 valence electrons. The molecule has 3 heterocycles. The minimum atomic E-state index is -0.588. The van der Waals surface area contributed by atoms with Crippen molar-refractivity contribution < 1.29 is 9.63 Å². The van der Waals surface area contributed by atoms with Crippen LogP contribution >= 0.6 is 0 Å². The van der Waals surface area contributed by atoms with Gasteiger partial charge < -0.3 is 5.73 Å². The molecule has 3 aromatic heterocycles. The summed E-state index contributed by atoms with van der Waals surface area (Å²) >= 11 is 0. The normalized spacial score (nSPS) is 11.0. The van der Waals surface area contributed by atoms with E-state index in [-0.39, 0.29) is 6.61 Å². The smallest absolute Gasteiger partial charge is 0.246 e. The van der Waals surface area contributed by atoms with E-state index in [1.807, 2.05) is 24.3 Å². The third kappa shape index (κ3) is 3.64. The maximum absolute atomic E-state index is 10.7. The van der Waals surface area contributed by atoms with E-state index in [4.69, 9.17) is 10.6 Å². The zero-order valence-electron chi connectivity index (χ0n) is 14.9. The van der Waals surface area contributed by atoms with E-state index in [1.165, 1.54) is 0 Å². The number of nitrogens with one attached hydrogen (secondary N) is 1. The molecule has 0 saturated carbocycles. The molecule has 0 aliphatic carbocycles. The molecule has 9 heteroatoms. The Hall–Kier alpha value is -3.85. The summed E-state index contributed by atoms with van der Waals surface area (Å²) in [6, 6.07) is 13.5. The molecule has 0 fully saturated rings. The molecule has 0 unspecified atom stereocenters. The van der Waals surface area contributed by atoms with E-state index in [9.17, 15) is 4.79 Å². The summed E-state index contributed by atoms with van der Waals surface area (Å²) < 4.78 is 1.66. The van der Waals surface area contributed by atoms with Crippen molar-refractivity contribution in [1.82, 2.24) is 30.3 Å². The molecule has 0 radical (unpaired) electrons. The van der Waals surface area contributed by atoms with Crippen LogP contribution < -0.4 is 11.2 Å². The van der Waals surface area contributed by atoms with Crippen molar-refractivity contribution in [3.63, 3.8) is 0 Å². The van der Waals surface area contributed by atoms with E-state index in [2.05, 4.69) is 38.4 Å². The van der Waals surface area contributed by atoms with Crippen molar-refractivity contribution >= 4 is 28.2 Å². The molecule has 4 aromatic rings. The van der Waals surface area contributed by atoms with Crippen molar-refractivity contribution in [3.05, 3.63) is 72.3 Å². The molecule has 0 atom stereocenters. The molecule has 1 amide bonds. The average molecular weight is 375 g/mol. The Kier molecular flexibility index (Phi) is 4.65. The number of amides is 1. The van der Waals surface area contributed by atoms with Gasteiger partial charge in [-0.05, 0) is 35.9 Å².